The molecule has 0 aliphatic carbocycles. The average molecular weight is 391 g/mol. The summed E-state index contributed by atoms with van der Waals surface area (Å²) in [7, 11) is 0. The van der Waals surface area contributed by atoms with Gasteiger partial charge in [0.15, 0.2) is 0 Å². The third-order valence-corrected chi connectivity index (χ3v) is 4.13. The van der Waals surface area contributed by atoms with Crippen LogP contribution in [0.25, 0.3) is 0 Å². The fraction of sp³-hybridized carbons (Fsp3) is 0.500. The van der Waals surface area contributed by atoms with Crippen LogP contribution in [0.2, 0.25) is 0 Å². The van der Waals surface area contributed by atoms with E-state index in [-0.39, 0.29) is 25.0 Å². The lowest BCUT2D eigenvalue weighted by atomic mass is 9.94. The molecule has 0 aromatic heterocycles. The van der Waals surface area contributed by atoms with Crippen LogP contribution in [0.5, 0.6) is 0 Å². The fourth-order valence-corrected chi connectivity index (χ4v) is 2.19. The normalized spacial score (nSPS) is 15.9. The Morgan fingerprint density at radius 2 is 1.90 bits per heavy atom. The third kappa shape index (κ3) is 3.68. The van der Waals surface area contributed by atoms with E-state index >= 15 is 0 Å². The number of rotatable bonds is 5. The molecular weight excluding hydrogens is 373 g/mol. The van der Waals surface area contributed by atoms with Gasteiger partial charge in [-0.2, -0.15) is 0 Å². The van der Waals surface area contributed by atoms with E-state index in [0.29, 0.717) is 14.7 Å². The summed E-state index contributed by atoms with van der Waals surface area (Å²) in [5, 5.41) is 0. The molecule has 1 aliphatic heterocycles. The summed E-state index contributed by atoms with van der Waals surface area (Å²) in [6, 6.07) is 0. The zero-order chi connectivity index (χ0) is 15.7. The molecule has 0 unspecified atom stereocenters. The molecule has 0 saturated carbocycles. The van der Waals surface area contributed by atoms with E-state index in [9.17, 15) is 14.4 Å². The molecule has 0 aromatic carbocycles. The second-order valence-electron chi connectivity index (χ2n) is 5.66. The molecule has 0 saturated heterocycles. The maximum atomic E-state index is 12.0. The minimum atomic E-state index is -0.516. The van der Waals surface area contributed by atoms with E-state index < -0.39 is 11.4 Å². The second-order valence-corrected chi connectivity index (χ2v) is 6.73. The summed E-state index contributed by atoms with van der Waals surface area (Å²) in [4.78, 5) is 36.5. The van der Waals surface area contributed by atoms with Crippen LogP contribution in [0.3, 0.4) is 0 Å². The summed E-state index contributed by atoms with van der Waals surface area (Å²) < 4.78 is 5.55. The molecule has 1 heterocycles. The summed E-state index contributed by atoms with van der Waals surface area (Å²) >= 11 is 1.88. The molecule has 1 aliphatic rings. The average Bonchev–Trinajstić information content (AvgIpc) is 2.53. The van der Waals surface area contributed by atoms with Crippen molar-refractivity contribution in [3.8, 4) is 0 Å². The first-order valence-corrected chi connectivity index (χ1v) is 7.20. The highest BCUT2D eigenvalue weighted by molar-refractivity contribution is 14.1. The Morgan fingerprint density at radius 3 is 2.30 bits per heavy atom. The number of carbonyl (C=O) groups excluding carboxylic acids is 3. The van der Waals surface area contributed by atoms with Crippen molar-refractivity contribution in [1.29, 1.82) is 0 Å². The minimum Gasteiger partial charge on any atom is -0.462 e. The van der Waals surface area contributed by atoms with Crippen LogP contribution in [0.4, 0.5) is 0 Å². The van der Waals surface area contributed by atoms with Crippen LogP contribution in [0.15, 0.2) is 21.3 Å². The number of halogens is 1. The number of amides is 2. The Kier molecular flexibility index (Phi) is 5.12. The first-order valence-electron chi connectivity index (χ1n) is 6.12. The number of hydrogen-bond acceptors (Lipinski definition) is 4. The molecule has 5 nitrogen and oxygen atoms in total. The predicted octanol–water partition coefficient (Wildman–Crippen LogP) is 2.21. The molecule has 0 fully saturated rings. The van der Waals surface area contributed by atoms with Crippen LogP contribution in [0, 0.1) is 5.41 Å². The van der Waals surface area contributed by atoms with E-state index in [1.54, 1.807) is 13.8 Å². The van der Waals surface area contributed by atoms with Crippen LogP contribution in [-0.4, -0.2) is 35.8 Å². The monoisotopic (exact) mass is 391 g/mol. The van der Waals surface area contributed by atoms with Crippen molar-refractivity contribution in [2.24, 2.45) is 5.41 Å². The summed E-state index contributed by atoms with van der Waals surface area (Å²) in [6.07, 6.45) is 0. The topological polar surface area (TPSA) is 63.7 Å². The van der Waals surface area contributed by atoms with Gasteiger partial charge in [-0.3, -0.25) is 14.5 Å². The molecule has 0 radical (unpaired) electrons. The summed E-state index contributed by atoms with van der Waals surface area (Å²) in [5.74, 6) is -1.04. The summed E-state index contributed by atoms with van der Waals surface area (Å²) in [6.45, 7) is 10.7. The fourth-order valence-electron chi connectivity index (χ4n) is 1.67. The quantitative estimate of drug-likeness (QED) is 0.312. The molecule has 0 N–H and O–H groups in total. The Balaban J connectivity index is 2.69. The van der Waals surface area contributed by atoms with Crippen molar-refractivity contribution in [2.75, 3.05) is 13.2 Å². The maximum Gasteiger partial charge on any atom is 0.333 e. The minimum absolute atomic E-state index is 0.116. The number of carbonyl (C=O) groups is 3. The van der Waals surface area contributed by atoms with Gasteiger partial charge in [0.2, 0.25) is 0 Å². The number of imide groups is 1. The maximum absolute atomic E-state index is 12.0. The third-order valence-electron chi connectivity index (χ3n) is 2.86. The van der Waals surface area contributed by atoms with Crippen LogP contribution < -0.4 is 0 Å². The number of esters is 1. The molecule has 0 spiro atoms. The molecule has 0 atom stereocenters. The first-order chi connectivity index (χ1) is 9.07. The molecule has 0 bridgehead atoms. The molecule has 110 valence electrons. The van der Waals surface area contributed by atoms with E-state index in [4.69, 9.17) is 4.74 Å². The second kappa shape index (κ2) is 6.07. The van der Waals surface area contributed by atoms with E-state index in [1.165, 1.54) is 4.90 Å². The van der Waals surface area contributed by atoms with Gasteiger partial charge >= 0.3 is 5.97 Å². The molecular formula is C14H18INO4. The van der Waals surface area contributed by atoms with Gasteiger partial charge < -0.3 is 4.74 Å². The SMILES string of the molecule is C=C(C)C(=O)OCC(C)(C)CN1C(=O)C(C)=C(I)C1=O. The highest BCUT2D eigenvalue weighted by Gasteiger charge is 2.38. The molecule has 20 heavy (non-hydrogen) atoms. The van der Waals surface area contributed by atoms with Crippen LogP contribution in [-0.2, 0) is 19.1 Å². The van der Waals surface area contributed by atoms with Gasteiger partial charge in [0, 0.05) is 23.1 Å². The lowest BCUT2D eigenvalue weighted by molar-refractivity contribution is -0.144. The van der Waals surface area contributed by atoms with Crippen molar-refractivity contribution in [3.05, 3.63) is 21.3 Å². The summed E-state index contributed by atoms with van der Waals surface area (Å²) in [5.41, 5.74) is 0.268. The van der Waals surface area contributed by atoms with Gasteiger partial charge in [0.25, 0.3) is 11.8 Å². The molecule has 1 rings (SSSR count). The van der Waals surface area contributed by atoms with Gasteiger partial charge in [-0.15, -0.1) is 0 Å². The van der Waals surface area contributed by atoms with E-state index in [0.717, 1.165) is 0 Å². The van der Waals surface area contributed by atoms with Gasteiger partial charge in [0.1, 0.15) is 0 Å². The van der Waals surface area contributed by atoms with Crippen LogP contribution in [0.1, 0.15) is 27.7 Å². The van der Waals surface area contributed by atoms with Crippen molar-refractivity contribution in [3.63, 3.8) is 0 Å². The van der Waals surface area contributed by atoms with E-state index in [1.807, 2.05) is 36.4 Å². The van der Waals surface area contributed by atoms with Gasteiger partial charge in [0.05, 0.1) is 10.2 Å². The number of hydrogen-bond donors (Lipinski definition) is 0. The van der Waals surface area contributed by atoms with Crippen molar-refractivity contribution in [2.45, 2.75) is 27.7 Å². The molecule has 2 amide bonds. The van der Waals surface area contributed by atoms with E-state index in [2.05, 4.69) is 6.58 Å². The van der Waals surface area contributed by atoms with Gasteiger partial charge in [-0.1, -0.05) is 20.4 Å². The highest BCUT2D eigenvalue weighted by atomic mass is 127. The Morgan fingerprint density at radius 1 is 1.35 bits per heavy atom. The van der Waals surface area contributed by atoms with Crippen molar-refractivity contribution >= 4 is 40.4 Å². The number of ether oxygens (including phenoxy) is 1. The predicted molar refractivity (Wildman–Crippen MR) is 83.0 cm³/mol. The Labute approximate surface area is 132 Å². The first kappa shape index (κ1) is 16.9. The molecule has 0 aromatic rings. The van der Waals surface area contributed by atoms with Gasteiger partial charge in [-0.25, -0.2) is 4.79 Å². The zero-order valence-electron chi connectivity index (χ0n) is 12.1. The lowest BCUT2D eigenvalue weighted by Gasteiger charge is -2.28. The largest absolute Gasteiger partial charge is 0.462 e. The Bertz CT molecular complexity index is 495. The smallest absolute Gasteiger partial charge is 0.333 e. The van der Waals surface area contributed by atoms with Crippen molar-refractivity contribution in [1.82, 2.24) is 4.90 Å². The lowest BCUT2D eigenvalue weighted by Crippen LogP contribution is -2.41. The number of nitrogens with zero attached hydrogens (tertiary/aromatic N) is 1. The van der Waals surface area contributed by atoms with Crippen molar-refractivity contribution < 1.29 is 19.1 Å². The zero-order valence-corrected chi connectivity index (χ0v) is 14.2. The van der Waals surface area contributed by atoms with Gasteiger partial charge in [-0.05, 0) is 36.4 Å². The standard InChI is InChI=1S/C14H18INO4/c1-8(2)13(19)20-7-14(4,5)6-16-11(17)9(3)10(15)12(16)18/h1,6-7H2,2-5H3. The highest BCUT2D eigenvalue weighted by Crippen LogP contribution is 2.29. The molecule has 6 heteroatoms. The van der Waals surface area contributed by atoms with Crippen LogP contribution >= 0.6 is 22.6 Å². The Hall–Kier alpha value is -1.18.